The normalized spacial score (nSPS) is 9.92. The number of hydrogen-bond acceptors (Lipinski definition) is 4. The van der Waals surface area contributed by atoms with E-state index in [4.69, 9.17) is 9.47 Å². The van der Waals surface area contributed by atoms with Crippen molar-refractivity contribution in [2.45, 2.75) is 13.3 Å². The lowest BCUT2D eigenvalue weighted by molar-refractivity contribution is 0.0846. The summed E-state index contributed by atoms with van der Waals surface area (Å²) in [5.41, 5.74) is 5.59. The number of benzene rings is 2. The first-order chi connectivity index (χ1) is 11.6. The summed E-state index contributed by atoms with van der Waals surface area (Å²) in [7, 11) is 1.55. The van der Waals surface area contributed by atoms with Crippen LogP contribution in [0.4, 0.5) is 0 Å². The fourth-order valence-corrected chi connectivity index (χ4v) is 1.92. The summed E-state index contributed by atoms with van der Waals surface area (Å²) in [4.78, 5) is 24.0. The Morgan fingerprint density at radius 3 is 1.71 bits per heavy atom. The van der Waals surface area contributed by atoms with Crippen molar-refractivity contribution in [3.63, 3.8) is 0 Å². The van der Waals surface area contributed by atoms with E-state index < -0.39 is 11.8 Å². The molecule has 0 heterocycles. The first-order valence-corrected chi connectivity index (χ1v) is 7.61. The van der Waals surface area contributed by atoms with Gasteiger partial charge in [-0.2, -0.15) is 0 Å². The van der Waals surface area contributed by atoms with Gasteiger partial charge in [-0.25, -0.2) is 0 Å². The summed E-state index contributed by atoms with van der Waals surface area (Å²) < 4.78 is 10.5. The van der Waals surface area contributed by atoms with Gasteiger partial charge in [0.05, 0.1) is 13.7 Å². The minimum atomic E-state index is -0.408. The molecule has 24 heavy (non-hydrogen) atoms. The number of nitrogens with one attached hydrogen (secondary N) is 2. The molecule has 0 atom stereocenters. The smallest absolute Gasteiger partial charge is 0.269 e. The third-order valence-corrected chi connectivity index (χ3v) is 3.23. The van der Waals surface area contributed by atoms with Crippen LogP contribution in [0, 0.1) is 0 Å². The molecule has 0 aliphatic heterocycles. The van der Waals surface area contributed by atoms with E-state index in [0.29, 0.717) is 29.2 Å². The number of carbonyl (C=O) groups excluding carboxylic acids is 2. The zero-order chi connectivity index (χ0) is 17.4. The van der Waals surface area contributed by atoms with Gasteiger partial charge in [0.25, 0.3) is 11.8 Å². The fourth-order valence-electron chi connectivity index (χ4n) is 1.92. The van der Waals surface area contributed by atoms with E-state index in [9.17, 15) is 9.59 Å². The molecular weight excluding hydrogens is 308 g/mol. The molecule has 2 rings (SSSR count). The predicted molar refractivity (Wildman–Crippen MR) is 90.2 cm³/mol. The molecule has 6 heteroatoms. The maximum absolute atomic E-state index is 12.0. The standard InChI is InChI=1S/C18H20N2O4/c1-3-12-24-16-10-6-14(7-11-16)18(22)20-19-17(21)13-4-8-15(23-2)9-5-13/h4-11H,3,12H2,1-2H3,(H,19,21)(H,20,22). The molecule has 2 aromatic rings. The van der Waals surface area contributed by atoms with Gasteiger partial charge in [0, 0.05) is 11.1 Å². The van der Waals surface area contributed by atoms with Crippen LogP contribution in [0.3, 0.4) is 0 Å². The van der Waals surface area contributed by atoms with Crippen LogP contribution in [0.5, 0.6) is 11.5 Å². The summed E-state index contributed by atoms with van der Waals surface area (Å²) in [6, 6.07) is 13.3. The molecule has 0 bridgehead atoms. The number of hydrazine groups is 1. The molecule has 0 radical (unpaired) electrons. The van der Waals surface area contributed by atoms with Crippen molar-refractivity contribution in [3.05, 3.63) is 59.7 Å². The molecule has 126 valence electrons. The average molecular weight is 328 g/mol. The minimum absolute atomic E-state index is 0.404. The van der Waals surface area contributed by atoms with Gasteiger partial charge >= 0.3 is 0 Å². The van der Waals surface area contributed by atoms with Crippen molar-refractivity contribution in [1.29, 1.82) is 0 Å². The topological polar surface area (TPSA) is 76.7 Å². The van der Waals surface area contributed by atoms with Gasteiger partial charge in [-0.3, -0.25) is 20.4 Å². The summed E-state index contributed by atoms with van der Waals surface area (Å²) in [5.74, 6) is 0.546. The Bertz CT molecular complexity index is 681. The highest BCUT2D eigenvalue weighted by Gasteiger charge is 2.09. The van der Waals surface area contributed by atoms with Crippen molar-refractivity contribution in [1.82, 2.24) is 10.9 Å². The zero-order valence-electron chi connectivity index (χ0n) is 13.7. The van der Waals surface area contributed by atoms with Crippen LogP contribution in [0.15, 0.2) is 48.5 Å². The fraction of sp³-hybridized carbons (Fsp3) is 0.222. The van der Waals surface area contributed by atoms with E-state index in [1.165, 1.54) is 0 Å². The molecular formula is C18H20N2O4. The van der Waals surface area contributed by atoms with E-state index in [-0.39, 0.29) is 0 Å². The second-order valence-electron chi connectivity index (χ2n) is 5.01. The van der Waals surface area contributed by atoms with E-state index in [0.717, 1.165) is 6.42 Å². The number of rotatable bonds is 6. The molecule has 0 fully saturated rings. The summed E-state index contributed by atoms with van der Waals surface area (Å²) >= 11 is 0. The SMILES string of the molecule is CCCOc1ccc(C(=O)NNC(=O)c2ccc(OC)cc2)cc1. The van der Waals surface area contributed by atoms with Crippen LogP contribution >= 0.6 is 0 Å². The first-order valence-electron chi connectivity index (χ1n) is 7.61. The Morgan fingerprint density at radius 1 is 0.833 bits per heavy atom. The van der Waals surface area contributed by atoms with Gasteiger partial charge in [0.1, 0.15) is 11.5 Å². The van der Waals surface area contributed by atoms with E-state index in [1.54, 1.807) is 55.6 Å². The molecule has 2 amide bonds. The van der Waals surface area contributed by atoms with Gasteiger partial charge in [-0.15, -0.1) is 0 Å². The van der Waals surface area contributed by atoms with Gasteiger partial charge in [0.2, 0.25) is 0 Å². The van der Waals surface area contributed by atoms with Crippen molar-refractivity contribution in [2.24, 2.45) is 0 Å². The summed E-state index contributed by atoms with van der Waals surface area (Å²) in [5, 5.41) is 0. The van der Waals surface area contributed by atoms with Crippen LogP contribution in [-0.4, -0.2) is 25.5 Å². The Hall–Kier alpha value is -3.02. The van der Waals surface area contributed by atoms with Crippen molar-refractivity contribution >= 4 is 11.8 Å². The van der Waals surface area contributed by atoms with E-state index in [2.05, 4.69) is 10.9 Å². The van der Waals surface area contributed by atoms with Gasteiger partial charge < -0.3 is 9.47 Å². The Labute approximate surface area is 140 Å². The number of methoxy groups -OCH3 is 1. The van der Waals surface area contributed by atoms with Crippen LogP contribution in [-0.2, 0) is 0 Å². The largest absolute Gasteiger partial charge is 0.497 e. The van der Waals surface area contributed by atoms with Gasteiger partial charge in [-0.05, 0) is 55.0 Å². The van der Waals surface area contributed by atoms with Gasteiger partial charge in [-0.1, -0.05) is 6.92 Å². The molecule has 6 nitrogen and oxygen atoms in total. The third-order valence-electron chi connectivity index (χ3n) is 3.23. The molecule has 0 aliphatic carbocycles. The Kier molecular flexibility index (Phi) is 6.19. The quantitative estimate of drug-likeness (QED) is 0.799. The Morgan fingerprint density at radius 2 is 1.29 bits per heavy atom. The Balaban J connectivity index is 1.88. The molecule has 2 N–H and O–H groups in total. The second-order valence-corrected chi connectivity index (χ2v) is 5.01. The maximum Gasteiger partial charge on any atom is 0.269 e. The predicted octanol–water partition coefficient (Wildman–Crippen LogP) is 2.56. The van der Waals surface area contributed by atoms with E-state index >= 15 is 0 Å². The highest BCUT2D eigenvalue weighted by molar-refractivity contribution is 5.99. The molecule has 0 spiro atoms. The van der Waals surface area contributed by atoms with Crippen LogP contribution in [0.25, 0.3) is 0 Å². The number of ether oxygens (including phenoxy) is 2. The summed E-state index contributed by atoms with van der Waals surface area (Å²) in [6.07, 6.45) is 0.916. The van der Waals surface area contributed by atoms with Crippen molar-refractivity contribution in [3.8, 4) is 11.5 Å². The molecule has 0 aromatic heterocycles. The zero-order valence-corrected chi connectivity index (χ0v) is 13.7. The maximum atomic E-state index is 12.0. The lowest BCUT2D eigenvalue weighted by Crippen LogP contribution is -2.41. The number of amides is 2. The first kappa shape index (κ1) is 17.3. The van der Waals surface area contributed by atoms with Gasteiger partial charge in [0.15, 0.2) is 0 Å². The summed E-state index contributed by atoms with van der Waals surface area (Å²) in [6.45, 7) is 2.65. The average Bonchev–Trinajstić information content (AvgIpc) is 2.64. The van der Waals surface area contributed by atoms with Crippen molar-refractivity contribution in [2.75, 3.05) is 13.7 Å². The molecule has 0 aliphatic rings. The second kappa shape index (κ2) is 8.57. The molecule has 0 unspecified atom stereocenters. The lowest BCUT2D eigenvalue weighted by Gasteiger charge is -2.09. The minimum Gasteiger partial charge on any atom is -0.497 e. The molecule has 0 saturated heterocycles. The monoisotopic (exact) mass is 328 g/mol. The van der Waals surface area contributed by atoms with Crippen molar-refractivity contribution < 1.29 is 19.1 Å². The van der Waals surface area contributed by atoms with Crippen LogP contribution in [0.2, 0.25) is 0 Å². The van der Waals surface area contributed by atoms with E-state index in [1.807, 2.05) is 6.92 Å². The number of carbonyl (C=O) groups is 2. The highest BCUT2D eigenvalue weighted by atomic mass is 16.5. The molecule has 2 aromatic carbocycles. The highest BCUT2D eigenvalue weighted by Crippen LogP contribution is 2.13. The lowest BCUT2D eigenvalue weighted by atomic mass is 10.2. The number of hydrogen-bond donors (Lipinski definition) is 2. The van der Waals surface area contributed by atoms with Crippen LogP contribution < -0.4 is 20.3 Å². The molecule has 0 saturated carbocycles. The van der Waals surface area contributed by atoms with Crippen LogP contribution in [0.1, 0.15) is 34.1 Å². The third kappa shape index (κ3) is 4.74.